The van der Waals surface area contributed by atoms with Gasteiger partial charge in [-0.05, 0) is 42.8 Å². The van der Waals surface area contributed by atoms with Crippen molar-refractivity contribution in [3.63, 3.8) is 0 Å². The maximum atomic E-state index is 14.1. The number of benzene rings is 3. The summed E-state index contributed by atoms with van der Waals surface area (Å²) in [6.45, 7) is 1.81. The summed E-state index contributed by atoms with van der Waals surface area (Å²) in [5, 5.41) is 3.63. The van der Waals surface area contributed by atoms with Crippen LogP contribution in [0, 0.1) is 18.6 Å². The maximum Gasteiger partial charge on any atom is 0.278 e. The van der Waals surface area contributed by atoms with Crippen molar-refractivity contribution in [2.24, 2.45) is 0 Å². The quantitative estimate of drug-likeness (QED) is 0.363. The average molecular weight is 493 g/mol. The Balaban J connectivity index is 1.62. The summed E-state index contributed by atoms with van der Waals surface area (Å²) in [5.74, 6) is -2.06. The van der Waals surface area contributed by atoms with E-state index in [1.165, 1.54) is 10.9 Å². The largest absolute Gasteiger partial charge is 0.325 e. The number of aromatic nitrogens is 3. The molecule has 0 radical (unpaired) electrons. The first kappa shape index (κ1) is 22.7. The number of carbonyl (C=O) groups excluding carboxylic acids is 1. The van der Waals surface area contributed by atoms with Crippen molar-refractivity contribution in [1.29, 1.82) is 0 Å². The molecular formula is C26H19ClF2N4O2. The van der Waals surface area contributed by atoms with Gasteiger partial charge in [0.1, 0.15) is 29.2 Å². The van der Waals surface area contributed by atoms with Gasteiger partial charge in [-0.1, -0.05) is 41.4 Å². The van der Waals surface area contributed by atoms with E-state index >= 15 is 0 Å². The van der Waals surface area contributed by atoms with E-state index in [9.17, 15) is 18.4 Å². The van der Waals surface area contributed by atoms with E-state index in [1.807, 2.05) is 31.2 Å². The van der Waals surface area contributed by atoms with Crippen molar-refractivity contribution in [3.05, 3.63) is 105 Å². The van der Waals surface area contributed by atoms with Crippen molar-refractivity contribution in [2.75, 3.05) is 5.32 Å². The number of rotatable bonds is 5. The first-order chi connectivity index (χ1) is 16.8. The normalized spacial score (nSPS) is 11.3. The molecular weight excluding hydrogens is 474 g/mol. The van der Waals surface area contributed by atoms with Crippen molar-refractivity contribution >= 4 is 45.1 Å². The first-order valence-corrected chi connectivity index (χ1v) is 11.2. The molecule has 0 saturated carbocycles. The van der Waals surface area contributed by atoms with E-state index in [1.54, 1.807) is 22.8 Å². The van der Waals surface area contributed by atoms with Gasteiger partial charge in [0, 0.05) is 16.5 Å². The number of anilines is 1. The number of halogens is 3. The Kier molecular flexibility index (Phi) is 5.82. The van der Waals surface area contributed by atoms with Crippen LogP contribution in [0.4, 0.5) is 14.5 Å². The summed E-state index contributed by atoms with van der Waals surface area (Å²) in [4.78, 5) is 31.0. The molecule has 0 bridgehead atoms. The van der Waals surface area contributed by atoms with Crippen LogP contribution < -0.4 is 10.9 Å². The lowest BCUT2D eigenvalue weighted by Crippen LogP contribution is -2.25. The van der Waals surface area contributed by atoms with Crippen LogP contribution in [0.25, 0.3) is 21.9 Å². The standard InChI is InChI=1S/C26H19ClF2N4O2/c1-15-6-9-22-18(10-15)24-25(26(35)32(14-30-24)12-16-4-2-3-5-19(16)27)33(22)13-23(34)31-21-11-17(28)7-8-20(21)29/h2-11,14H,12-13H2,1H3,(H,31,34). The molecule has 6 nitrogen and oxygen atoms in total. The summed E-state index contributed by atoms with van der Waals surface area (Å²) >= 11 is 6.28. The minimum atomic E-state index is -0.763. The molecule has 2 heterocycles. The molecule has 2 aromatic heterocycles. The van der Waals surface area contributed by atoms with Gasteiger partial charge in [0.25, 0.3) is 5.56 Å². The van der Waals surface area contributed by atoms with Gasteiger partial charge < -0.3 is 9.88 Å². The van der Waals surface area contributed by atoms with Crippen LogP contribution in [0.5, 0.6) is 0 Å². The van der Waals surface area contributed by atoms with Crippen LogP contribution in [-0.4, -0.2) is 20.0 Å². The summed E-state index contributed by atoms with van der Waals surface area (Å²) in [6.07, 6.45) is 1.46. The monoisotopic (exact) mass is 492 g/mol. The third-order valence-corrected chi connectivity index (χ3v) is 6.15. The lowest BCUT2D eigenvalue weighted by Gasteiger charge is -2.11. The molecule has 0 atom stereocenters. The van der Waals surface area contributed by atoms with Gasteiger partial charge in [0.2, 0.25) is 5.91 Å². The molecule has 0 spiro atoms. The van der Waals surface area contributed by atoms with Crippen molar-refractivity contribution in [1.82, 2.24) is 14.1 Å². The van der Waals surface area contributed by atoms with Crippen LogP contribution in [0.15, 0.2) is 71.8 Å². The van der Waals surface area contributed by atoms with E-state index in [0.29, 0.717) is 21.4 Å². The van der Waals surface area contributed by atoms with E-state index < -0.39 is 17.5 Å². The molecule has 0 unspecified atom stereocenters. The summed E-state index contributed by atoms with van der Waals surface area (Å²) in [5.41, 5.74) is 2.39. The van der Waals surface area contributed by atoms with Gasteiger partial charge in [-0.2, -0.15) is 0 Å². The fraction of sp³-hybridized carbons (Fsp3) is 0.115. The predicted molar refractivity (Wildman–Crippen MR) is 132 cm³/mol. The van der Waals surface area contributed by atoms with Crippen molar-refractivity contribution in [3.8, 4) is 0 Å². The minimum Gasteiger partial charge on any atom is -0.325 e. The molecule has 35 heavy (non-hydrogen) atoms. The number of aryl methyl sites for hydroxylation is 1. The fourth-order valence-electron chi connectivity index (χ4n) is 4.13. The average Bonchev–Trinajstić information content (AvgIpc) is 3.12. The lowest BCUT2D eigenvalue weighted by molar-refractivity contribution is -0.116. The molecule has 1 N–H and O–H groups in total. The second-order valence-corrected chi connectivity index (χ2v) is 8.65. The van der Waals surface area contributed by atoms with Crippen LogP contribution in [0.2, 0.25) is 5.02 Å². The van der Waals surface area contributed by atoms with E-state index in [-0.39, 0.29) is 29.9 Å². The number of amides is 1. The summed E-state index contributed by atoms with van der Waals surface area (Å²) in [7, 11) is 0. The second-order valence-electron chi connectivity index (χ2n) is 8.25. The number of fused-ring (bicyclic) bond motifs is 3. The Bertz CT molecular complexity index is 1680. The van der Waals surface area contributed by atoms with Crippen LogP contribution >= 0.6 is 11.6 Å². The van der Waals surface area contributed by atoms with Crippen LogP contribution in [0.1, 0.15) is 11.1 Å². The van der Waals surface area contributed by atoms with Gasteiger partial charge in [0.05, 0.1) is 24.1 Å². The third kappa shape index (κ3) is 4.28. The highest BCUT2D eigenvalue weighted by atomic mass is 35.5. The molecule has 0 aliphatic heterocycles. The maximum absolute atomic E-state index is 14.1. The third-order valence-electron chi connectivity index (χ3n) is 5.78. The van der Waals surface area contributed by atoms with Crippen molar-refractivity contribution < 1.29 is 13.6 Å². The first-order valence-electron chi connectivity index (χ1n) is 10.8. The Hall–Kier alpha value is -4.04. The molecule has 0 aliphatic carbocycles. The topological polar surface area (TPSA) is 68.9 Å². The summed E-state index contributed by atoms with van der Waals surface area (Å²) < 4.78 is 30.6. The highest BCUT2D eigenvalue weighted by Gasteiger charge is 2.19. The molecule has 176 valence electrons. The predicted octanol–water partition coefficient (Wildman–Crippen LogP) is 5.28. The number of hydrogen-bond donors (Lipinski definition) is 1. The molecule has 0 aliphatic rings. The summed E-state index contributed by atoms with van der Waals surface area (Å²) in [6, 6.07) is 15.6. The van der Waals surface area contributed by atoms with Gasteiger partial charge in [-0.15, -0.1) is 0 Å². The van der Waals surface area contributed by atoms with Gasteiger partial charge in [0.15, 0.2) is 0 Å². The van der Waals surface area contributed by atoms with E-state index in [0.717, 1.165) is 29.3 Å². The fourth-order valence-corrected chi connectivity index (χ4v) is 4.32. The SMILES string of the molecule is Cc1ccc2c(c1)c1ncn(Cc3ccccc3Cl)c(=O)c1n2CC(=O)Nc1cc(F)ccc1F. The van der Waals surface area contributed by atoms with E-state index in [4.69, 9.17) is 11.6 Å². The number of carbonyl (C=O) groups is 1. The highest BCUT2D eigenvalue weighted by molar-refractivity contribution is 6.31. The lowest BCUT2D eigenvalue weighted by atomic mass is 10.1. The van der Waals surface area contributed by atoms with Crippen molar-refractivity contribution in [2.45, 2.75) is 20.0 Å². The van der Waals surface area contributed by atoms with E-state index in [2.05, 4.69) is 10.3 Å². The zero-order chi connectivity index (χ0) is 24.7. The van der Waals surface area contributed by atoms with Gasteiger partial charge >= 0.3 is 0 Å². The minimum absolute atomic E-state index is 0.197. The molecule has 3 aromatic carbocycles. The Morgan fingerprint density at radius 3 is 2.69 bits per heavy atom. The Morgan fingerprint density at radius 2 is 1.89 bits per heavy atom. The molecule has 1 amide bonds. The van der Waals surface area contributed by atoms with Gasteiger partial charge in [-0.25, -0.2) is 13.8 Å². The van der Waals surface area contributed by atoms with Gasteiger partial charge in [-0.3, -0.25) is 14.2 Å². The molecule has 5 rings (SSSR count). The van der Waals surface area contributed by atoms with Crippen LogP contribution in [-0.2, 0) is 17.9 Å². The molecule has 5 aromatic rings. The number of nitrogens with one attached hydrogen (secondary N) is 1. The molecule has 9 heteroatoms. The molecule has 0 saturated heterocycles. The van der Waals surface area contributed by atoms with Crippen LogP contribution in [0.3, 0.4) is 0 Å². The molecule has 0 fully saturated rings. The zero-order valence-corrected chi connectivity index (χ0v) is 19.3. The Labute approximate surface area is 203 Å². The highest BCUT2D eigenvalue weighted by Crippen LogP contribution is 2.27. The smallest absolute Gasteiger partial charge is 0.278 e. The number of hydrogen-bond acceptors (Lipinski definition) is 3. The number of nitrogens with zero attached hydrogens (tertiary/aromatic N) is 3. The Morgan fingerprint density at radius 1 is 1.09 bits per heavy atom. The second kappa shape index (κ2) is 8.96. The zero-order valence-electron chi connectivity index (χ0n) is 18.6.